The molecule has 13 heavy (non-hydrogen) atoms. The van der Waals surface area contributed by atoms with Gasteiger partial charge in [0.1, 0.15) is 6.04 Å². The van der Waals surface area contributed by atoms with Crippen molar-refractivity contribution in [1.82, 2.24) is 10.2 Å². The van der Waals surface area contributed by atoms with Crippen molar-refractivity contribution in [3.05, 3.63) is 17.0 Å². The molecule has 0 fully saturated rings. The van der Waals surface area contributed by atoms with Crippen LogP contribution in [-0.2, 0) is 17.6 Å². The number of hydrogen-bond acceptors (Lipinski definition) is 3. The molecule has 0 amide bonds. The Morgan fingerprint density at radius 2 is 2.38 bits per heavy atom. The maximum absolute atomic E-state index is 10.6. The Bertz CT molecular complexity index is 345. The standard InChI is InChI=1S/C8H11N3O2/c9-6(8(12)13)7-4-2-1-3-5(4)10-11-7/h6H,1-3,9H2,(H,10,11)(H,12,13). The molecule has 5 nitrogen and oxygen atoms in total. The van der Waals surface area contributed by atoms with Gasteiger partial charge < -0.3 is 10.8 Å². The molecule has 0 aliphatic heterocycles. The summed E-state index contributed by atoms with van der Waals surface area (Å²) in [6, 6.07) is -0.988. The molecule has 1 heterocycles. The third-order valence-corrected chi connectivity index (χ3v) is 2.40. The molecule has 1 unspecified atom stereocenters. The highest BCUT2D eigenvalue weighted by Crippen LogP contribution is 2.25. The first-order valence-electron chi connectivity index (χ1n) is 4.24. The van der Waals surface area contributed by atoms with Crippen LogP contribution in [-0.4, -0.2) is 21.3 Å². The lowest BCUT2D eigenvalue weighted by Crippen LogP contribution is -2.22. The number of rotatable bonds is 2. The van der Waals surface area contributed by atoms with Crippen LogP contribution in [0.2, 0.25) is 0 Å². The number of aliphatic carboxylic acids is 1. The molecule has 5 heteroatoms. The minimum Gasteiger partial charge on any atom is -0.480 e. The molecule has 2 rings (SSSR count). The number of aromatic nitrogens is 2. The number of nitrogens with one attached hydrogen (secondary N) is 1. The number of carbonyl (C=O) groups is 1. The third kappa shape index (κ3) is 1.21. The average Bonchev–Trinajstić information content (AvgIpc) is 2.61. The molecule has 0 radical (unpaired) electrons. The van der Waals surface area contributed by atoms with Crippen LogP contribution in [0.4, 0.5) is 0 Å². The number of carboxylic acids is 1. The van der Waals surface area contributed by atoms with Crippen molar-refractivity contribution in [2.24, 2.45) is 5.73 Å². The number of aryl methyl sites for hydroxylation is 1. The van der Waals surface area contributed by atoms with Gasteiger partial charge in [-0.1, -0.05) is 0 Å². The lowest BCUT2D eigenvalue weighted by Gasteiger charge is -2.03. The van der Waals surface area contributed by atoms with Crippen molar-refractivity contribution in [2.45, 2.75) is 25.3 Å². The van der Waals surface area contributed by atoms with Gasteiger partial charge in [-0.3, -0.25) is 9.89 Å². The molecule has 1 aliphatic rings. The van der Waals surface area contributed by atoms with Crippen molar-refractivity contribution in [3.63, 3.8) is 0 Å². The first-order chi connectivity index (χ1) is 6.20. The maximum Gasteiger partial charge on any atom is 0.326 e. The Balaban J connectivity index is 2.36. The quantitative estimate of drug-likeness (QED) is 0.598. The van der Waals surface area contributed by atoms with Gasteiger partial charge in [0, 0.05) is 5.69 Å². The van der Waals surface area contributed by atoms with E-state index < -0.39 is 12.0 Å². The molecule has 4 N–H and O–H groups in total. The van der Waals surface area contributed by atoms with E-state index in [4.69, 9.17) is 10.8 Å². The van der Waals surface area contributed by atoms with Gasteiger partial charge in [0.15, 0.2) is 0 Å². The van der Waals surface area contributed by atoms with E-state index in [-0.39, 0.29) is 0 Å². The molecule has 0 aromatic carbocycles. The average molecular weight is 181 g/mol. The molecule has 1 aromatic heterocycles. The summed E-state index contributed by atoms with van der Waals surface area (Å²) in [6.07, 6.45) is 2.90. The number of hydrogen-bond donors (Lipinski definition) is 3. The largest absolute Gasteiger partial charge is 0.480 e. The maximum atomic E-state index is 10.6. The normalized spacial score (nSPS) is 17.0. The van der Waals surface area contributed by atoms with Gasteiger partial charge in [0.05, 0.1) is 5.69 Å². The van der Waals surface area contributed by atoms with E-state index in [1.54, 1.807) is 0 Å². The molecule has 1 aliphatic carbocycles. The summed E-state index contributed by atoms with van der Waals surface area (Å²) in [4.78, 5) is 10.6. The number of nitrogens with two attached hydrogens (primary N) is 1. The second-order valence-electron chi connectivity index (χ2n) is 3.24. The lowest BCUT2D eigenvalue weighted by molar-refractivity contribution is -0.138. The van der Waals surface area contributed by atoms with Crippen LogP contribution in [0.25, 0.3) is 0 Å². The van der Waals surface area contributed by atoms with Crippen molar-refractivity contribution in [3.8, 4) is 0 Å². The van der Waals surface area contributed by atoms with E-state index in [2.05, 4.69) is 10.2 Å². The SMILES string of the molecule is NC(C(=O)O)c1n[nH]c2c1CCC2. The zero-order valence-corrected chi connectivity index (χ0v) is 7.08. The van der Waals surface area contributed by atoms with Crippen molar-refractivity contribution < 1.29 is 9.90 Å². The number of nitrogens with zero attached hydrogens (tertiary/aromatic N) is 1. The first-order valence-corrected chi connectivity index (χ1v) is 4.24. The van der Waals surface area contributed by atoms with Gasteiger partial charge in [-0.15, -0.1) is 0 Å². The second-order valence-corrected chi connectivity index (χ2v) is 3.24. The van der Waals surface area contributed by atoms with Crippen LogP contribution >= 0.6 is 0 Å². The molecular formula is C8H11N3O2. The Labute approximate surface area is 74.9 Å². The van der Waals surface area contributed by atoms with Crippen molar-refractivity contribution >= 4 is 5.97 Å². The Morgan fingerprint density at radius 1 is 1.62 bits per heavy atom. The zero-order valence-electron chi connectivity index (χ0n) is 7.08. The van der Waals surface area contributed by atoms with Gasteiger partial charge in [-0.25, -0.2) is 0 Å². The van der Waals surface area contributed by atoms with Crippen LogP contribution in [0.3, 0.4) is 0 Å². The minimum absolute atomic E-state index is 0.500. The Hall–Kier alpha value is -1.36. The number of carboxylic acid groups (broad SMARTS) is 1. The number of aromatic amines is 1. The Morgan fingerprint density at radius 3 is 3.08 bits per heavy atom. The monoisotopic (exact) mass is 181 g/mol. The second kappa shape index (κ2) is 2.85. The summed E-state index contributed by atoms with van der Waals surface area (Å²) < 4.78 is 0. The highest BCUT2D eigenvalue weighted by molar-refractivity contribution is 5.75. The van der Waals surface area contributed by atoms with Gasteiger partial charge in [0.2, 0.25) is 0 Å². The molecule has 0 saturated carbocycles. The zero-order chi connectivity index (χ0) is 9.42. The van der Waals surface area contributed by atoms with Crippen molar-refractivity contribution in [2.75, 3.05) is 0 Å². The summed E-state index contributed by atoms with van der Waals surface area (Å²) in [6.45, 7) is 0. The summed E-state index contributed by atoms with van der Waals surface area (Å²) in [5.74, 6) is -1.03. The molecule has 0 spiro atoms. The predicted molar refractivity (Wildman–Crippen MR) is 45.2 cm³/mol. The van der Waals surface area contributed by atoms with Gasteiger partial charge >= 0.3 is 5.97 Å². The van der Waals surface area contributed by atoms with E-state index in [1.807, 2.05) is 0 Å². The summed E-state index contributed by atoms with van der Waals surface area (Å²) in [5, 5.41) is 15.5. The van der Waals surface area contributed by atoms with Crippen LogP contribution < -0.4 is 5.73 Å². The summed E-state index contributed by atoms with van der Waals surface area (Å²) in [7, 11) is 0. The fraction of sp³-hybridized carbons (Fsp3) is 0.500. The van der Waals surface area contributed by atoms with E-state index in [0.29, 0.717) is 5.69 Å². The highest BCUT2D eigenvalue weighted by atomic mass is 16.4. The number of fused-ring (bicyclic) bond motifs is 1. The van der Waals surface area contributed by atoms with Crippen LogP contribution in [0.15, 0.2) is 0 Å². The summed E-state index contributed by atoms with van der Waals surface area (Å²) in [5.41, 5.74) is 8.03. The molecule has 1 aromatic rings. The molecule has 0 saturated heterocycles. The van der Waals surface area contributed by atoms with Gasteiger partial charge in [-0.2, -0.15) is 5.10 Å². The Kier molecular flexibility index (Phi) is 1.81. The lowest BCUT2D eigenvalue weighted by atomic mass is 10.1. The van der Waals surface area contributed by atoms with E-state index in [0.717, 1.165) is 30.5 Å². The van der Waals surface area contributed by atoms with E-state index >= 15 is 0 Å². The first kappa shape index (κ1) is 8.25. The van der Waals surface area contributed by atoms with Crippen molar-refractivity contribution in [1.29, 1.82) is 0 Å². The molecule has 1 atom stereocenters. The van der Waals surface area contributed by atoms with Crippen LogP contribution in [0.1, 0.15) is 29.4 Å². The van der Waals surface area contributed by atoms with E-state index in [1.165, 1.54) is 0 Å². The molecule has 0 bridgehead atoms. The van der Waals surface area contributed by atoms with Crippen LogP contribution in [0, 0.1) is 0 Å². The fourth-order valence-electron chi connectivity index (χ4n) is 1.72. The topological polar surface area (TPSA) is 92.0 Å². The minimum atomic E-state index is -1.03. The van der Waals surface area contributed by atoms with Gasteiger partial charge in [0.25, 0.3) is 0 Å². The van der Waals surface area contributed by atoms with E-state index in [9.17, 15) is 4.79 Å². The predicted octanol–water partition coefficient (Wildman–Crippen LogP) is -0.0172. The highest BCUT2D eigenvalue weighted by Gasteiger charge is 2.25. The number of H-pyrrole nitrogens is 1. The smallest absolute Gasteiger partial charge is 0.326 e. The van der Waals surface area contributed by atoms with Gasteiger partial charge in [-0.05, 0) is 24.8 Å². The summed E-state index contributed by atoms with van der Waals surface area (Å²) >= 11 is 0. The van der Waals surface area contributed by atoms with Crippen LogP contribution in [0.5, 0.6) is 0 Å². The fourth-order valence-corrected chi connectivity index (χ4v) is 1.72. The molecular weight excluding hydrogens is 170 g/mol. The third-order valence-electron chi connectivity index (χ3n) is 2.40. The molecule has 70 valence electrons.